The fourth-order valence-electron chi connectivity index (χ4n) is 2.78. The molecule has 0 aliphatic carbocycles. The van der Waals surface area contributed by atoms with Crippen LogP contribution in [-0.4, -0.2) is 24.4 Å². The highest BCUT2D eigenvalue weighted by Gasteiger charge is 2.19. The summed E-state index contributed by atoms with van der Waals surface area (Å²) in [5, 5.41) is 6.70. The number of amides is 2. The molecule has 3 aromatic rings. The van der Waals surface area contributed by atoms with Crippen LogP contribution < -0.4 is 10.6 Å². The van der Waals surface area contributed by atoms with Crippen LogP contribution in [0.25, 0.3) is 11.0 Å². The Hall–Kier alpha value is -3.08. The first-order chi connectivity index (χ1) is 12.6. The predicted octanol–water partition coefficient (Wildman–Crippen LogP) is 3.62. The Kier molecular flexibility index (Phi) is 5.37. The molecule has 0 spiro atoms. The molecule has 0 aliphatic rings. The van der Waals surface area contributed by atoms with Crippen molar-refractivity contribution in [2.75, 3.05) is 6.54 Å². The number of hydrogen-bond donors (Lipinski definition) is 2. The van der Waals surface area contributed by atoms with Gasteiger partial charge < -0.3 is 15.1 Å². The Morgan fingerprint density at radius 3 is 2.46 bits per heavy atom. The van der Waals surface area contributed by atoms with E-state index in [1.165, 1.54) is 0 Å². The Balaban J connectivity index is 1.66. The zero-order valence-electron chi connectivity index (χ0n) is 14.9. The lowest BCUT2D eigenvalue weighted by atomic mass is 10.0. The van der Waals surface area contributed by atoms with E-state index in [0.29, 0.717) is 23.3 Å². The van der Waals surface area contributed by atoms with Crippen LogP contribution in [0, 0.1) is 5.92 Å². The van der Waals surface area contributed by atoms with E-state index in [9.17, 15) is 9.59 Å². The van der Waals surface area contributed by atoms with Crippen LogP contribution in [0.4, 0.5) is 0 Å². The van der Waals surface area contributed by atoms with E-state index in [4.69, 9.17) is 4.42 Å². The second-order valence-corrected chi connectivity index (χ2v) is 6.54. The normalized spacial score (nSPS) is 12.1. The molecule has 1 atom stereocenters. The van der Waals surface area contributed by atoms with E-state index in [1.807, 2.05) is 38.1 Å². The van der Waals surface area contributed by atoms with Crippen LogP contribution in [-0.2, 0) is 0 Å². The summed E-state index contributed by atoms with van der Waals surface area (Å²) in [6, 6.07) is 16.0. The van der Waals surface area contributed by atoms with Crippen LogP contribution >= 0.6 is 0 Å². The maximum Gasteiger partial charge on any atom is 0.252 e. The van der Waals surface area contributed by atoms with Gasteiger partial charge in [0.2, 0.25) is 0 Å². The molecule has 0 bridgehead atoms. The van der Waals surface area contributed by atoms with Crippen molar-refractivity contribution in [3.63, 3.8) is 0 Å². The smallest absolute Gasteiger partial charge is 0.252 e. The quantitative estimate of drug-likeness (QED) is 0.713. The fourth-order valence-corrected chi connectivity index (χ4v) is 2.78. The summed E-state index contributed by atoms with van der Waals surface area (Å²) in [5.41, 5.74) is 1.84. The fraction of sp³-hybridized carbons (Fsp3) is 0.238. The summed E-state index contributed by atoms with van der Waals surface area (Å²) < 4.78 is 5.34. The van der Waals surface area contributed by atoms with E-state index >= 15 is 0 Å². The van der Waals surface area contributed by atoms with Crippen molar-refractivity contribution in [3.8, 4) is 0 Å². The summed E-state index contributed by atoms with van der Waals surface area (Å²) in [7, 11) is 0. The summed E-state index contributed by atoms with van der Waals surface area (Å²) in [4.78, 5) is 25.0. The number of fused-ring (bicyclic) bond motifs is 1. The molecule has 2 amide bonds. The number of carbonyl (C=O) groups excluding carboxylic acids is 2. The standard InChI is InChI=1S/C21H22N2O3/c1-14(2)18(23-20(24)15-7-4-3-5-8-15)13-22-21(25)17-9-6-10-19-16(17)11-12-26-19/h3-12,14,18H,13H2,1-2H3,(H,22,25)(H,23,24)/t18-/m1/s1. The van der Waals surface area contributed by atoms with E-state index in [2.05, 4.69) is 10.6 Å². The zero-order valence-corrected chi connectivity index (χ0v) is 14.9. The van der Waals surface area contributed by atoms with E-state index < -0.39 is 0 Å². The summed E-state index contributed by atoms with van der Waals surface area (Å²) in [5.74, 6) is -0.153. The molecule has 0 saturated heterocycles. The monoisotopic (exact) mass is 350 g/mol. The molecule has 2 N–H and O–H groups in total. The van der Waals surface area contributed by atoms with Gasteiger partial charge >= 0.3 is 0 Å². The number of nitrogens with one attached hydrogen (secondary N) is 2. The minimum atomic E-state index is -0.184. The van der Waals surface area contributed by atoms with Gasteiger partial charge in [0.1, 0.15) is 5.58 Å². The van der Waals surface area contributed by atoms with E-state index in [1.54, 1.807) is 36.6 Å². The molecule has 1 aromatic heterocycles. The van der Waals surface area contributed by atoms with Crippen molar-refractivity contribution in [1.82, 2.24) is 10.6 Å². The number of furan rings is 1. The summed E-state index contributed by atoms with van der Waals surface area (Å²) >= 11 is 0. The SMILES string of the molecule is CC(C)[C@@H](CNC(=O)c1cccc2occc12)NC(=O)c1ccccc1. The van der Waals surface area contributed by atoms with Gasteiger partial charge in [-0.05, 0) is 36.2 Å². The first kappa shape index (κ1) is 17.7. The van der Waals surface area contributed by atoms with Crippen molar-refractivity contribution in [2.24, 2.45) is 5.92 Å². The first-order valence-corrected chi connectivity index (χ1v) is 8.66. The Labute approximate surface area is 152 Å². The average molecular weight is 350 g/mol. The van der Waals surface area contributed by atoms with Crippen LogP contribution in [0.5, 0.6) is 0 Å². The van der Waals surface area contributed by atoms with Crippen LogP contribution in [0.2, 0.25) is 0 Å². The highest BCUT2D eigenvalue weighted by atomic mass is 16.3. The molecular formula is C21H22N2O3. The van der Waals surface area contributed by atoms with Crippen LogP contribution in [0.3, 0.4) is 0 Å². The van der Waals surface area contributed by atoms with Gasteiger partial charge in [0, 0.05) is 23.5 Å². The van der Waals surface area contributed by atoms with Gasteiger partial charge in [0.05, 0.1) is 11.8 Å². The summed E-state index contributed by atoms with van der Waals surface area (Å²) in [6.07, 6.45) is 1.57. The Morgan fingerprint density at radius 2 is 1.73 bits per heavy atom. The molecule has 2 aromatic carbocycles. The molecule has 5 heteroatoms. The Bertz CT molecular complexity index is 900. The van der Waals surface area contributed by atoms with Gasteiger partial charge in [0.25, 0.3) is 11.8 Å². The average Bonchev–Trinajstić information content (AvgIpc) is 3.13. The topological polar surface area (TPSA) is 71.3 Å². The molecule has 5 nitrogen and oxygen atoms in total. The first-order valence-electron chi connectivity index (χ1n) is 8.66. The molecule has 134 valence electrons. The number of benzene rings is 2. The number of rotatable bonds is 6. The molecule has 0 fully saturated rings. The van der Waals surface area contributed by atoms with E-state index in [0.717, 1.165) is 5.39 Å². The lowest BCUT2D eigenvalue weighted by Crippen LogP contribution is -2.46. The molecule has 0 aliphatic heterocycles. The van der Waals surface area contributed by atoms with Gasteiger partial charge in [-0.25, -0.2) is 0 Å². The van der Waals surface area contributed by atoms with Crippen LogP contribution in [0.15, 0.2) is 65.3 Å². The Morgan fingerprint density at radius 1 is 0.962 bits per heavy atom. The van der Waals surface area contributed by atoms with Crippen molar-refractivity contribution >= 4 is 22.8 Å². The van der Waals surface area contributed by atoms with Crippen molar-refractivity contribution in [1.29, 1.82) is 0 Å². The lowest BCUT2D eigenvalue weighted by molar-refractivity contribution is 0.0897. The van der Waals surface area contributed by atoms with Crippen molar-refractivity contribution in [2.45, 2.75) is 19.9 Å². The number of hydrogen-bond acceptors (Lipinski definition) is 3. The molecule has 0 unspecified atom stereocenters. The second kappa shape index (κ2) is 7.87. The zero-order chi connectivity index (χ0) is 18.5. The number of carbonyl (C=O) groups is 2. The highest BCUT2D eigenvalue weighted by Crippen LogP contribution is 2.19. The predicted molar refractivity (Wildman–Crippen MR) is 101 cm³/mol. The van der Waals surface area contributed by atoms with E-state index in [-0.39, 0.29) is 23.8 Å². The van der Waals surface area contributed by atoms with Crippen molar-refractivity contribution < 1.29 is 14.0 Å². The molecule has 1 heterocycles. The lowest BCUT2D eigenvalue weighted by Gasteiger charge is -2.23. The van der Waals surface area contributed by atoms with Crippen molar-refractivity contribution in [3.05, 3.63) is 72.0 Å². The minimum Gasteiger partial charge on any atom is -0.464 e. The highest BCUT2D eigenvalue weighted by molar-refractivity contribution is 6.05. The molecule has 3 rings (SSSR count). The summed E-state index contributed by atoms with van der Waals surface area (Å²) in [6.45, 7) is 4.38. The third-order valence-corrected chi connectivity index (χ3v) is 4.38. The molecule has 0 radical (unpaired) electrons. The molecule has 0 saturated carbocycles. The largest absolute Gasteiger partial charge is 0.464 e. The van der Waals surface area contributed by atoms with Gasteiger partial charge in [0.15, 0.2) is 0 Å². The maximum atomic E-state index is 12.6. The maximum absolute atomic E-state index is 12.6. The third-order valence-electron chi connectivity index (χ3n) is 4.38. The van der Waals surface area contributed by atoms with Gasteiger partial charge in [-0.2, -0.15) is 0 Å². The van der Waals surface area contributed by atoms with Crippen LogP contribution in [0.1, 0.15) is 34.6 Å². The van der Waals surface area contributed by atoms with Gasteiger partial charge in [-0.3, -0.25) is 9.59 Å². The molecule has 26 heavy (non-hydrogen) atoms. The second-order valence-electron chi connectivity index (χ2n) is 6.54. The van der Waals surface area contributed by atoms with Gasteiger partial charge in [-0.1, -0.05) is 38.1 Å². The van der Waals surface area contributed by atoms with Gasteiger partial charge in [-0.15, -0.1) is 0 Å². The third kappa shape index (κ3) is 3.94. The minimum absolute atomic E-state index is 0.143. The molecular weight excluding hydrogens is 328 g/mol.